The Kier molecular flexibility index (Phi) is 5.73. The molecule has 5 heteroatoms. The third kappa shape index (κ3) is 4.42. The van der Waals surface area contributed by atoms with Crippen molar-refractivity contribution in [3.05, 3.63) is 24.3 Å². The molecule has 20 heavy (non-hydrogen) atoms. The molecule has 0 amide bonds. The monoisotopic (exact) mass is 295 g/mol. The lowest BCUT2D eigenvalue weighted by atomic mass is 9.97. The van der Waals surface area contributed by atoms with Crippen LogP contribution in [-0.4, -0.2) is 48.5 Å². The summed E-state index contributed by atoms with van der Waals surface area (Å²) in [5.41, 5.74) is 0. The molecule has 0 bridgehead atoms. The van der Waals surface area contributed by atoms with Crippen molar-refractivity contribution in [2.45, 2.75) is 17.7 Å². The van der Waals surface area contributed by atoms with Crippen molar-refractivity contribution in [2.75, 3.05) is 32.5 Å². The van der Waals surface area contributed by atoms with Crippen LogP contribution in [0, 0.1) is 5.92 Å². The Balaban J connectivity index is 1.67. The molecule has 1 fully saturated rings. The fourth-order valence-corrected chi connectivity index (χ4v) is 2.78. The average Bonchev–Trinajstić information content (AvgIpc) is 2.48. The summed E-state index contributed by atoms with van der Waals surface area (Å²) in [5, 5.41) is 8.95. The van der Waals surface area contributed by atoms with Gasteiger partial charge in [-0.25, -0.2) is 0 Å². The molecule has 110 valence electrons. The topological polar surface area (TPSA) is 49.8 Å². The van der Waals surface area contributed by atoms with E-state index in [0.29, 0.717) is 6.61 Å². The van der Waals surface area contributed by atoms with Crippen molar-refractivity contribution in [1.82, 2.24) is 4.90 Å². The lowest BCUT2D eigenvalue weighted by Gasteiger charge is -2.29. The van der Waals surface area contributed by atoms with Gasteiger partial charge in [-0.3, -0.25) is 9.69 Å². The maximum absolute atomic E-state index is 10.9. The quantitative estimate of drug-likeness (QED) is 0.818. The third-order valence-corrected chi connectivity index (χ3v) is 4.42. The lowest BCUT2D eigenvalue weighted by Crippen LogP contribution is -2.38. The largest absolute Gasteiger partial charge is 0.492 e. The number of likely N-dealkylation sites (tertiary alicyclic amines) is 1. The van der Waals surface area contributed by atoms with Crippen molar-refractivity contribution < 1.29 is 14.6 Å². The molecule has 1 aliphatic heterocycles. The summed E-state index contributed by atoms with van der Waals surface area (Å²) in [6.45, 7) is 3.21. The summed E-state index contributed by atoms with van der Waals surface area (Å²) in [5.74, 6) is 0.0734. The normalized spacial score (nSPS) is 17.1. The first-order chi connectivity index (χ1) is 9.69. The van der Waals surface area contributed by atoms with Crippen molar-refractivity contribution in [3.63, 3.8) is 0 Å². The summed E-state index contributed by atoms with van der Waals surface area (Å²) in [7, 11) is 0. The van der Waals surface area contributed by atoms with Gasteiger partial charge in [0.05, 0.1) is 5.92 Å². The summed E-state index contributed by atoms with van der Waals surface area (Å²) >= 11 is 1.71. The smallest absolute Gasteiger partial charge is 0.306 e. The Labute approximate surface area is 124 Å². The number of rotatable bonds is 6. The minimum Gasteiger partial charge on any atom is -0.492 e. The van der Waals surface area contributed by atoms with E-state index in [0.717, 1.165) is 38.2 Å². The zero-order valence-corrected chi connectivity index (χ0v) is 12.6. The number of hydrogen-bond acceptors (Lipinski definition) is 4. The number of hydrogen-bond donors (Lipinski definition) is 1. The molecule has 1 saturated heterocycles. The number of piperidine rings is 1. The molecule has 0 radical (unpaired) electrons. The average molecular weight is 295 g/mol. The van der Waals surface area contributed by atoms with Gasteiger partial charge in [0, 0.05) is 11.4 Å². The molecule has 1 aromatic carbocycles. The van der Waals surface area contributed by atoms with Gasteiger partial charge in [0.1, 0.15) is 12.4 Å². The highest BCUT2D eigenvalue weighted by molar-refractivity contribution is 7.98. The molecule has 0 spiro atoms. The fraction of sp³-hybridized carbons (Fsp3) is 0.533. The van der Waals surface area contributed by atoms with Crippen LogP contribution < -0.4 is 4.74 Å². The second-order valence-electron chi connectivity index (χ2n) is 4.98. The second kappa shape index (κ2) is 7.55. The van der Waals surface area contributed by atoms with Gasteiger partial charge in [-0.2, -0.15) is 0 Å². The maximum atomic E-state index is 10.9. The van der Waals surface area contributed by atoms with E-state index in [1.165, 1.54) is 4.90 Å². The summed E-state index contributed by atoms with van der Waals surface area (Å²) in [6, 6.07) is 8.09. The van der Waals surface area contributed by atoms with Crippen LogP contribution in [0.25, 0.3) is 0 Å². The van der Waals surface area contributed by atoms with E-state index in [1.807, 2.05) is 12.1 Å². The molecule has 4 nitrogen and oxygen atoms in total. The molecule has 0 saturated carbocycles. The first kappa shape index (κ1) is 15.2. The van der Waals surface area contributed by atoms with Crippen molar-refractivity contribution in [3.8, 4) is 5.75 Å². The van der Waals surface area contributed by atoms with Crippen LogP contribution in [-0.2, 0) is 4.79 Å². The minimum absolute atomic E-state index is 0.161. The number of benzene rings is 1. The van der Waals surface area contributed by atoms with E-state index in [4.69, 9.17) is 9.84 Å². The second-order valence-corrected chi connectivity index (χ2v) is 5.86. The van der Waals surface area contributed by atoms with Crippen LogP contribution in [0.3, 0.4) is 0 Å². The standard InChI is InChI=1S/C15H21NO3S/c1-20-14-4-2-13(3-5-14)19-11-10-16-8-6-12(7-9-16)15(17)18/h2-5,12H,6-11H2,1H3,(H,17,18). The van der Waals surface area contributed by atoms with Crippen LogP contribution in [0.1, 0.15) is 12.8 Å². The summed E-state index contributed by atoms with van der Waals surface area (Å²) in [6.07, 6.45) is 3.55. The molecule has 0 aromatic heterocycles. The summed E-state index contributed by atoms with van der Waals surface area (Å²) < 4.78 is 5.72. The minimum atomic E-state index is -0.658. The van der Waals surface area contributed by atoms with E-state index in [9.17, 15) is 4.79 Å². The zero-order valence-electron chi connectivity index (χ0n) is 11.7. The predicted octanol–water partition coefficient (Wildman–Crippen LogP) is 2.58. The summed E-state index contributed by atoms with van der Waals surface area (Å²) in [4.78, 5) is 14.4. The van der Waals surface area contributed by atoms with Crippen molar-refractivity contribution in [2.24, 2.45) is 5.92 Å². The molecule has 1 heterocycles. The van der Waals surface area contributed by atoms with Crippen LogP contribution in [0.2, 0.25) is 0 Å². The first-order valence-electron chi connectivity index (χ1n) is 6.91. The Bertz CT molecular complexity index is 427. The molecule has 0 atom stereocenters. The Hall–Kier alpha value is -1.20. The molecule has 2 rings (SSSR count). The van der Waals surface area contributed by atoms with Gasteiger partial charge in [0.2, 0.25) is 0 Å². The molecule has 1 aliphatic rings. The van der Waals surface area contributed by atoms with Crippen molar-refractivity contribution >= 4 is 17.7 Å². The van der Waals surface area contributed by atoms with E-state index < -0.39 is 5.97 Å². The Morgan fingerprint density at radius 2 is 2.00 bits per heavy atom. The number of ether oxygens (including phenoxy) is 1. The van der Waals surface area contributed by atoms with E-state index in [-0.39, 0.29) is 5.92 Å². The lowest BCUT2D eigenvalue weighted by molar-refractivity contribution is -0.143. The van der Waals surface area contributed by atoms with Crippen molar-refractivity contribution in [1.29, 1.82) is 0 Å². The third-order valence-electron chi connectivity index (χ3n) is 3.67. The van der Waals surface area contributed by atoms with Gasteiger partial charge >= 0.3 is 5.97 Å². The van der Waals surface area contributed by atoms with Crippen LogP contribution >= 0.6 is 11.8 Å². The molecule has 0 aliphatic carbocycles. The number of carbonyl (C=O) groups is 1. The first-order valence-corrected chi connectivity index (χ1v) is 8.13. The highest BCUT2D eigenvalue weighted by Gasteiger charge is 2.23. The van der Waals surface area contributed by atoms with Gasteiger partial charge < -0.3 is 9.84 Å². The van der Waals surface area contributed by atoms with Gasteiger partial charge in [0.15, 0.2) is 0 Å². The van der Waals surface area contributed by atoms with Gasteiger partial charge in [-0.15, -0.1) is 11.8 Å². The van der Waals surface area contributed by atoms with E-state index in [1.54, 1.807) is 11.8 Å². The highest BCUT2D eigenvalue weighted by Crippen LogP contribution is 2.19. The fourth-order valence-electron chi connectivity index (χ4n) is 2.37. The number of aliphatic carboxylic acids is 1. The van der Waals surface area contributed by atoms with Crippen LogP contribution in [0.4, 0.5) is 0 Å². The Morgan fingerprint density at radius 1 is 1.35 bits per heavy atom. The van der Waals surface area contributed by atoms with Crippen LogP contribution in [0.5, 0.6) is 5.75 Å². The maximum Gasteiger partial charge on any atom is 0.306 e. The van der Waals surface area contributed by atoms with E-state index in [2.05, 4.69) is 23.3 Å². The van der Waals surface area contributed by atoms with Gasteiger partial charge in [-0.05, 0) is 56.5 Å². The zero-order chi connectivity index (χ0) is 14.4. The highest BCUT2D eigenvalue weighted by atomic mass is 32.2. The number of carboxylic acid groups (broad SMARTS) is 1. The molecule has 1 N–H and O–H groups in total. The number of carboxylic acids is 1. The number of thioether (sulfide) groups is 1. The van der Waals surface area contributed by atoms with E-state index >= 15 is 0 Å². The number of nitrogens with zero attached hydrogens (tertiary/aromatic N) is 1. The van der Waals surface area contributed by atoms with Gasteiger partial charge in [0.25, 0.3) is 0 Å². The molecular formula is C15H21NO3S. The molecule has 1 aromatic rings. The predicted molar refractivity (Wildman–Crippen MR) is 80.5 cm³/mol. The SMILES string of the molecule is CSc1ccc(OCCN2CCC(C(=O)O)CC2)cc1. The van der Waals surface area contributed by atoms with Crippen LogP contribution in [0.15, 0.2) is 29.2 Å². The molecule has 0 unspecified atom stereocenters. The van der Waals surface area contributed by atoms with Gasteiger partial charge in [-0.1, -0.05) is 0 Å². The Morgan fingerprint density at radius 3 is 2.55 bits per heavy atom. The molecular weight excluding hydrogens is 274 g/mol.